The van der Waals surface area contributed by atoms with Gasteiger partial charge < -0.3 is 15.0 Å². The summed E-state index contributed by atoms with van der Waals surface area (Å²) in [6, 6.07) is -0.0469. The molecule has 0 aromatic carbocycles. The van der Waals surface area contributed by atoms with E-state index < -0.39 is 0 Å². The summed E-state index contributed by atoms with van der Waals surface area (Å²) in [7, 11) is 1.68. The van der Waals surface area contributed by atoms with Gasteiger partial charge in [-0.3, -0.25) is 0 Å². The second-order valence-corrected chi connectivity index (χ2v) is 3.62. The van der Waals surface area contributed by atoms with Crippen molar-refractivity contribution in [1.82, 2.24) is 14.8 Å². The maximum Gasteiger partial charge on any atom is 0.150 e. The van der Waals surface area contributed by atoms with E-state index in [0.29, 0.717) is 6.61 Å². The van der Waals surface area contributed by atoms with E-state index in [1.165, 1.54) is 0 Å². The van der Waals surface area contributed by atoms with Gasteiger partial charge >= 0.3 is 0 Å². The molecule has 5 heteroatoms. The molecule has 1 unspecified atom stereocenters. The topological polar surface area (TPSA) is 66.0 Å². The molecule has 14 heavy (non-hydrogen) atoms. The average molecular weight is 196 g/mol. The second-order valence-electron chi connectivity index (χ2n) is 3.62. The van der Waals surface area contributed by atoms with Crippen molar-refractivity contribution in [2.75, 3.05) is 13.7 Å². The molecule has 0 saturated heterocycles. The van der Waals surface area contributed by atoms with Gasteiger partial charge in [-0.1, -0.05) is 0 Å². The highest BCUT2D eigenvalue weighted by Gasteiger charge is 2.21. The molecule has 2 heterocycles. The van der Waals surface area contributed by atoms with E-state index in [9.17, 15) is 0 Å². The Balaban J connectivity index is 2.08. The average Bonchev–Trinajstić information content (AvgIpc) is 2.74. The molecule has 0 aliphatic carbocycles. The molecule has 0 amide bonds. The van der Waals surface area contributed by atoms with Gasteiger partial charge in [0.05, 0.1) is 6.04 Å². The third kappa shape index (κ3) is 1.65. The van der Waals surface area contributed by atoms with E-state index in [0.717, 1.165) is 37.5 Å². The standard InChI is InChI=1S/C9H16N4O/c1-14-6-4-7(10)9-12-11-8-3-2-5-13(8)9/h7H,2-6,10H2,1H3. The smallest absolute Gasteiger partial charge is 0.150 e. The van der Waals surface area contributed by atoms with E-state index >= 15 is 0 Å². The van der Waals surface area contributed by atoms with Crippen LogP contribution < -0.4 is 5.73 Å². The number of nitrogens with zero attached hydrogens (tertiary/aromatic N) is 3. The third-order valence-corrected chi connectivity index (χ3v) is 2.60. The lowest BCUT2D eigenvalue weighted by atomic mass is 10.2. The fraction of sp³-hybridized carbons (Fsp3) is 0.778. The molecule has 0 bridgehead atoms. The number of rotatable bonds is 4. The van der Waals surface area contributed by atoms with Crippen LogP contribution in [0, 0.1) is 0 Å². The zero-order valence-corrected chi connectivity index (χ0v) is 8.44. The van der Waals surface area contributed by atoms with E-state index in [2.05, 4.69) is 14.8 Å². The van der Waals surface area contributed by atoms with Crippen molar-refractivity contribution in [2.45, 2.75) is 31.8 Å². The van der Waals surface area contributed by atoms with Gasteiger partial charge in [-0.05, 0) is 12.8 Å². The molecule has 1 aromatic rings. The van der Waals surface area contributed by atoms with Gasteiger partial charge in [-0.25, -0.2) is 0 Å². The van der Waals surface area contributed by atoms with Gasteiger partial charge in [-0.2, -0.15) is 0 Å². The minimum Gasteiger partial charge on any atom is -0.385 e. The van der Waals surface area contributed by atoms with E-state index in [4.69, 9.17) is 10.5 Å². The molecule has 1 aliphatic rings. The molecule has 0 radical (unpaired) electrons. The zero-order chi connectivity index (χ0) is 9.97. The Morgan fingerprint density at radius 2 is 2.43 bits per heavy atom. The maximum absolute atomic E-state index is 6.00. The van der Waals surface area contributed by atoms with Crippen LogP contribution in [0.25, 0.3) is 0 Å². The van der Waals surface area contributed by atoms with E-state index in [-0.39, 0.29) is 6.04 Å². The van der Waals surface area contributed by atoms with Gasteiger partial charge in [0.2, 0.25) is 0 Å². The summed E-state index contributed by atoms with van der Waals surface area (Å²) in [6.45, 7) is 1.68. The number of aromatic nitrogens is 3. The van der Waals surface area contributed by atoms with Gasteiger partial charge in [-0.15, -0.1) is 10.2 Å². The molecular formula is C9H16N4O. The molecule has 2 N–H and O–H groups in total. The number of ether oxygens (including phenoxy) is 1. The van der Waals surface area contributed by atoms with Crippen molar-refractivity contribution in [3.8, 4) is 0 Å². The SMILES string of the molecule is COCCC(N)c1nnc2n1CCC2. The molecule has 0 spiro atoms. The van der Waals surface area contributed by atoms with Crippen LogP contribution in [0.2, 0.25) is 0 Å². The van der Waals surface area contributed by atoms with Crippen molar-refractivity contribution in [2.24, 2.45) is 5.73 Å². The Bertz CT molecular complexity index is 310. The lowest BCUT2D eigenvalue weighted by Gasteiger charge is -2.10. The van der Waals surface area contributed by atoms with Crippen molar-refractivity contribution >= 4 is 0 Å². The molecule has 1 atom stereocenters. The Hall–Kier alpha value is -0.940. The Morgan fingerprint density at radius 1 is 1.57 bits per heavy atom. The van der Waals surface area contributed by atoms with E-state index in [1.54, 1.807) is 7.11 Å². The summed E-state index contributed by atoms with van der Waals surface area (Å²) in [5.74, 6) is 1.99. The first kappa shape index (κ1) is 9.61. The summed E-state index contributed by atoms with van der Waals surface area (Å²) in [5.41, 5.74) is 6.00. The number of fused-ring (bicyclic) bond motifs is 1. The maximum atomic E-state index is 6.00. The number of nitrogens with two attached hydrogens (primary N) is 1. The van der Waals surface area contributed by atoms with Crippen LogP contribution in [0.15, 0.2) is 0 Å². The molecule has 0 saturated carbocycles. The predicted molar refractivity (Wildman–Crippen MR) is 51.8 cm³/mol. The highest BCUT2D eigenvalue weighted by atomic mass is 16.5. The molecule has 1 aromatic heterocycles. The highest BCUT2D eigenvalue weighted by molar-refractivity contribution is 5.04. The molecule has 2 rings (SSSR count). The fourth-order valence-electron chi connectivity index (χ4n) is 1.82. The first-order valence-electron chi connectivity index (χ1n) is 4.99. The van der Waals surface area contributed by atoms with Crippen LogP contribution in [-0.2, 0) is 17.7 Å². The van der Waals surface area contributed by atoms with Crippen LogP contribution in [0.4, 0.5) is 0 Å². The monoisotopic (exact) mass is 196 g/mol. The van der Waals surface area contributed by atoms with Gasteiger partial charge in [0.25, 0.3) is 0 Å². The van der Waals surface area contributed by atoms with Crippen molar-refractivity contribution in [3.05, 3.63) is 11.6 Å². The normalized spacial score (nSPS) is 17.0. The molecule has 0 fully saturated rings. The van der Waals surface area contributed by atoms with Crippen molar-refractivity contribution in [3.63, 3.8) is 0 Å². The molecule has 5 nitrogen and oxygen atoms in total. The Morgan fingerprint density at radius 3 is 3.21 bits per heavy atom. The number of aryl methyl sites for hydroxylation is 1. The van der Waals surface area contributed by atoms with Crippen LogP contribution in [-0.4, -0.2) is 28.5 Å². The lowest BCUT2D eigenvalue weighted by Crippen LogP contribution is -2.18. The summed E-state index contributed by atoms with van der Waals surface area (Å²) < 4.78 is 7.13. The molecule has 78 valence electrons. The van der Waals surface area contributed by atoms with Crippen LogP contribution in [0.3, 0.4) is 0 Å². The summed E-state index contributed by atoms with van der Waals surface area (Å²) in [5, 5.41) is 8.24. The number of hydrogen-bond acceptors (Lipinski definition) is 4. The highest BCUT2D eigenvalue weighted by Crippen LogP contribution is 2.19. The first-order chi connectivity index (χ1) is 6.83. The van der Waals surface area contributed by atoms with Gasteiger partial charge in [0, 0.05) is 26.7 Å². The van der Waals surface area contributed by atoms with E-state index in [1.807, 2.05) is 0 Å². The third-order valence-electron chi connectivity index (χ3n) is 2.60. The zero-order valence-electron chi connectivity index (χ0n) is 8.44. The number of hydrogen-bond donors (Lipinski definition) is 1. The molecular weight excluding hydrogens is 180 g/mol. The Kier molecular flexibility index (Phi) is 2.79. The largest absolute Gasteiger partial charge is 0.385 e. The second kappa shape index (κ2) is 4.06. The lowest BCUT2D eigenvalue weighted by molar-refractivity contribution is 0.186. The molecule has 1 aliphatic heterocycles. The predicted octanol–water partition coefficient (Wildman–Crippen LogP) is 0.261. The van der Waals surface area contributed by atoms with Gasteiger partial charge in [0.15, 0.2) is 0 Å². The van der Waals surface area contributed by atoms with Crippen LogP contribution >= 0.6 is 0 Å². The van der Waals surface area contributed by atoms with Crippen LogP contribution in [0.5, 0.6) is 0 Å². The Labute approximate surface area is 83.3 Å². The summed E-state index contributed by atoms with van der Waals surface area (Å²) in [4.78, 5) is 0. The number of methoxy groups -OCH3 is 1. The van der Waals surface area contributed by atoms with Crippen molar-refractivity contribution in [1.29, 1.82) is 0 Å². The fourth-order valence-corrected chi connectivity index (χ4v) is 1.82. The first-order valence-corrected chi connectivity index (χ1v) is 4.99. The minimum atomic E-state index is -0.0469. The minimum absolute atomic E-state index is 0.0469. The van der Waals surface area contributed by atoms with Crippen LogP contribution in [0.1, 0.15) is 30.5 Å². The van der Waals surface area contributed by atoms with Gasteiger partial charge in [0.1, 0.15) is 11.6 Å². The summed E-state index contributed by atoms with van der Waals surface area (Å²) >= 11 is 0. The quantitative estimate of drug-likeness (QED) is 0.750. The van der Waals surface area contributed by atoms with Crippen molar-refractivity contribution < 1.29 is 4.74 Å². The summed E-state index contributed by atoms with van der Waals surface area (Å²) in [6.07, 6.45) is 2.99.